The van der Waals surface area contributed by atoms with Gasteiger partial charge in [-0.2, -0.15) is 0 Å². The molecule has 1 atom stereocenters. The predicted octanol–water partition coefficient (Wildman–Crippen LogP) is 0.853. The number of fused-ring (bicyclic) bond motifs is 3. The molecule has 0 aromatic carbocycles. The topological polar surface area (TPSA) is 32.3 Å². The minimum absolute atomic E-state index is 0.116. The summed E-state index contributed by atoms with van der Waals surface area (Å²) in [5.41, 5.74) is 0. The number of piperidine rings is 3. The van der Waals surface area contributed by atoms with Crippen molar-refractivity contribution in [2.24, 2.45) is 11.8 Å². The van der Waals surface area contributed by atoms with Gasteiger partial charge in [-0.15, -0.1) is 0 Å². The van der Waals surface area contributed by atoms with Gasteiger partial charge in [-0.25, -0.2) is 0 Å². The van der Waals surface area contributed by atoms with Gasteiger partial charge in [0, 0.05) is 18.5 Å². The number of nitrogens with one attached hydrogen (secondary N) is 1. The van der Waals surface area contributed by atoms with Gasteiger partial charge < -0.3 is 10.2 Å². The maximum Gasteiger partial charge on any atom is 0.222 e. The zero-order chi connectivity index (χ0) is 10.1. The standard InChI is InChI=1S/C11H20N2O/c1-8(2)11(14)12-10-7-13-5-3-9(10)4-6-13/h8-10H,3-7H2,1-2H3,(H,12,14)/t10-/m1/s1. The van der Waals surface area contributed by atoms with Crippen molar-refractivity contribution < 1.29 is 4.79 Å². The van der Waals surface area contributed by atoms with Gasteiger partial charge in [0.25, 0.3) is 0 Å². The Balaban J connectivity index is 1.90. The number of hydrogen-bond donors (Lipinski definition) is 1. The lowest BCUT2D eigenvalue weighted by atomic mass is 9.84. The van der Waals surface area contributed by atoms with Crippen molar-refractivity contribution >= 4 is 5.91 Å². The van der Waals surface area contributed by atoms with Crippen molar-refractivity contribution in [3.05, 3.63) is 0 Å². The molecule has 1 amide bonds. The van der Waals surface area contributed by atoms with Crippen molar-refractivity contribution in [1.82, 2.24) is 10.2 Å². The SMILES string of the molecule is CC(C)C(=O)N[C@@H]1CN2CCC1CC2. The molecule has 0 aliphatic carbocycles. The summed E-state index contributed by atoms with van der Waals surface area (Å²) in [7, 11) is 0. The lowest BCUT2D eigenvalue weighted by molar-refractivity contribution is -0.126. The highest BCUT2D eigenvalue weighted by molar-refractivity contribution is 5.78. The van der Waals surface area contributed by atoms with Crippen LogP contribution in [-0.2, 0) is 4.79 Å². The summed E-state index contributed by atoms with van der Waals surface area (Å²) in [6.45, 7) is 7.45. The average molecular weight is 196 g/mol. The van der Waals surface area contributed by atoms with Gasteiger partial charge >= 0.3 is 0 Å². The Bertz CT molecular complexity index is 219. The molecule has 0 unspecified atom stereocenters. The molecule has 3 aliphatic rings. The zero-order valence-electron chi connectivity index (χ0n) is 9.12. The second kappa shape index (κ2) is 3.89. The summed E-state index contributed by atoms with van der Waals surface area (Å²) < 4.78 is 0. The fourth-order valence-electron chi connectivity index (χ4n) is 2.48. The van der Waals surface area contributed by atoms with Crippen molar-refractivity contribution in [2.75, 3.05) is 19.6 Å². The minimum Gasteiger partial charge on any atom is -0.352 e. The molecule has 0 saturated carbocycles. The fraction of sp³-hybridized carbons (Fsp3) is 0.909. The second-order valence-electron chi connectivity index (χ2n) is 4.91. The fourth-order valence-corrected chi connectivity index (χ4v) is 2.48. The van der Waals surface area contributed by atoms with Crippen molar-refractivity contribution in [1.29, 1.82) is 0 Å². The molecular weight excluding hydrogens is 176 g/mol. The van der Waals surface area contributed by atoms with Gasteiger partial charge in [-0.1, -0.05) is 13.8 Å². The molecule has 0 aromatic rings. The molecule has 3 fully saturated rings. The lowest BCUT2D eigenvalue weighted by Gasteiger charge is -2.45. The Kier molecular flexibility index (Phi) is 2.77. The van der Waals surface area contributed by atoms with E-state index in [1.54, 1.807) is 0 Å². The molecule has 3 nitrogen and oxygen atoms in total. The van der Waals surface area contributed by atoms with Crippen LogP contribution >= 0.6 is 0 Å². The van der Waals surface area contributed by atoms with E-state index in [2.05, 4.69) is 10.2 Å². The third-order valence-corrected chi connectivity index (χ3v) is 3.51. The van der Waals surface area contributed by atoms with Crippen LogP contribution in [-0.4, -0.2) is 36.5 Å². The first kappa shape index (κ1) is 9.97. The Morgan fingerprint density at radius 1 is 1.36 bits per heavy atom. The second-order valence-corrected chi connectivity index (χ2v) is 4.91. The van der Waals surface area contributed by atoms with E-state index in [0.29, 0.717) is 6.04 Å². The van der Waals surface area contributed by atoms with E-state index in [-0.39, 0.29) is 11.8 Å². The molecule has 0 radical (unpaired) electrons. The number of carbonyl (C=O) groups excluding carboxylic acids is 1. The minimum atomic E-state index is 0.116. The average Bonchev–Trinajstić information content (AvgIpc) is 2.19. The van der Waals surface area contributed by atoms with Crippen LogP contribution in [0.25, 0.3) is 0 Å². The number of hydrogen-bond acceptors (Lipinski definition) is 2. The highest BCUT2D eigenvalue weighted by Gasteiger charge is 2.34. The summed E-state index contributed by atoms with van der Waals surface area (Å²) >= 11 is 0. The molecular formula is C11H20N2O. The first-order valence-corrected chi connectivity index (χ1v) is 5.69. The maximum absolute atomic E-state index is 11.6. The van der Waals surface area contributed by atoms with Crippen LogP contribution in [0.4, 0.5) is 0 Å². The van der Waals surface area contributed by atoms with Gasteiger partial charge in [0.2, 0.25) is 5.91 Å². The van der Waals surface area contributed by atoms with Crippen LogP contribution in [0.15, 0.2) is 0 Å². The van der Waals surface area contributed by atoms with E-state index in [4.69, 9.17) is 0 Å². The number of rotatable bonds is 2. The molecule has 0 aromatic heterocycles. The first-order valence-electron chi connectivity index (χ1n) is 5.69. The van der Waals surface area contributed by atoms with Gasteiger partial charge in [0.05, 0.1) is 0 Å². The summed E-state index contributed by atoms with van der Waals surface area (Å²) in [6.07, 6.45) is 2.53. The first-order chi connectivity index (χ1) is 6.66. The summed E-state index contributed by atoms with van der Waals surface area (Å²) in [5.74, 6) is 1.07. The lowest BCUT2D eigenvalue weighted by Crippen LogP contribution is -2.57. The highest BCUT2D eigenvalue weighted by Crippen LogP contribution is 2.27. The molecule has 80 valence electrons. The quantitative estimate of drug-likeness (QED) is 0.710. The van der Waals surface area contributed by atoms with Crippen LogP contribution in [0.2, 0.25) is 0 Å². The Labute approximate surface area is 85.8 Å². The Morgan fingerprint density at radius 2 is 2.00 bits per heavy atom. The summed E-state index contributed by atoms with van der Waals surface area (Å²) in [6, 6.07) is 0.424. The van der Waals surface area contributed by atoms with E-state index in [9.17, 15) is 4.79 Å². The van der Waals surface area contributed by atoms with E-state index >= 15 is 0 Å². The van der Waals surface area contributed by atoms with Crippen molar-refractivity contribution in [3.8, 4) is 0 Å². The predicted molar refractivity (Wildman–Crippen MR) is 55.9 cm³/mol. The summed E-state index contributed by atoms with van der Waals surface area (Å²) in [4.78, 5) is 14.0. The van der Waals surface area contributed by atoms with Crippen LogP contribution in [0.3, 0.4) is 0 Å². The smallest absolute Gasteiger partial charge is 0.222 e. The number of amides is 1. The molecule has 3 heteroatoms. The van der Waals surface area contributed by atoms with E-state index < -0.39 is 0 Å². The Morgan fingerprint density at radius 3 is 2.43 bits per heavy atom. The number of nitrogens with zero attached hydrogens (tertiary/aromatic N) is 1. The Hall–Kier alpha value is -0.570. The van der Waals surface area contributed by atoms with Crippen LogP contribution < -0.4 is 5.32 Å². The molecule has 3 aliphatic heterocycles. The van der Waals surface area contributed by atoms with Crippen molar-refractivity contribution in [2.45, 2.75) is 32.7 Å². The van der Waals surface area contributed by atoms with Gasteiger partial charge in [0.15, 0.2) is 0 Å². The molecule has 3 saturated heterocycles. The van der Waals surface area contributed by atoms with Crippen LogP contribution in [0, 0.1) is 11.8 Å². The zero-order valence-corrected chi connectivity index (χ0v) is 9.12. The largest absolute Gasteiger partial charge is 0.352 e. The van der Waals surface area contributed by atoms with Crippen LogP contribution in [0.1, 0.15) is 26.7 Å². The van der Waals surface area contributed by atoms with Gasteiger partial charge in [-0.3, -0.25) is 4.79 Å². The van der Waals surface area contributed by atoms with E-state index in [0.717, 1.165) is 12.5 Å². The number of carbonyl (C=O) groups is 1. The third kappa shape index (κ3) is 1.92. The maximum atomic E-state index is 11.6. The normalized spacial score (nSPS) is 36.1. The highest BCUT2D eigenvalue weighted by atomic mass is 16.1. The van der Waals surface area contributed by atoms with Crippen LogP contribution in [0.5, 0.6) is 0 Å². The monoisotopic (exact) mass is 196 g/mol. The van der Waals surface area contributed by atoms with Gasteiger partial charge in [0.1, 0.15) is 0 Å². The molecule has 1 N–H and O–H groups in total. The third-order valence-electron chi connectivity index (χ3n) is 3.51. The molecule has 3 heterocycles. The van der Waals surface area contributed by atoms with E-state index in [1.807, 2.05) is 13.8 Å². The summed E-state index contributed by atoms with van der Waals surface area (Å²) in [5, 5.41) is 3.17. The van der Waals surface area contributed by atoms with E-state index in [1.165, 1.54) is 25.9 Å². The molecule has 3 rings (SSSR count). The van der Waals surface area contributed by atoms with Gasteiger partial charge in [-0.05, 0) is 31.8 Å². The molecule has 2 bridgehead atoms. The van der Waals surface area contributed by atoms with Crippen molar-refractivity contribution in [3.63, 3.8) is 0 Å². The molecule has 14 heavy (non-hydrogen) atoms. The molecule has 0 spiro atoms.